The van der Waals surface area contributed by atoms with Crippen LogP contribution in [0.15, 0.2) is 12.4 Å². The summed E-state index contributed by atoms with van der Waals surface area (Å²) in [5.74, 6) is 0.429. The number of hydrogen-bond acceptors (Lipinski definition) is 3. The number of rotatable bonds is 6. The average Bonchev–Trinajstić information content (AvgIpc) is 2.78. The van der Waals surface area contributed by atoms with Crippen LogP contribution < -0.4 is 5.73 Å². The SMILES string of the molecule is CCC(CN)CC(=O)N(C)Cc1cn[nH]c1. The lowest BCUT2D eigenvalue weighted by Crippen LogP contribution is -2.29. The Balaban J connectivity index is 2.41. The third-order valence-corrected chi connectivity index (χ3v) is 2.77. The van der Waals surface area contributed by atoms with Gasteiger partial charge in [-0.2, -0.15) is 5.10 Å². The highest BCUT2D eigenvalue weighted by Gasteiger charge is 2.14. The maximum Gasteiger partial charge on any atom is 0.222 e. The van der Waals surface area contributed by atoms with Crippen molar-refractivity contribution in [3.05, 3.63) is 18.0 Å². The lowest BCUT2D eigenvalue weighted by molar-refractivity contribution is -0.131. The highest BCUT2D eigenvalue weighted by Crippen LogP contribution is 2.09. The molecule has 3 N–H and O–H groups in total. The van der Waals surface area contributed by atoms with Crippen molar-refractivity contribution in [2.24, 2.45) is 11.7 Å². The molecule has 16 heavy (non-hydrogen) atoms. The zero-order chi connectivity index (χ0) is 12.0. The number of H-pyrrole nitrogens is 1. The Kier molecular flexibility index (Phi) is 4.98. The number of nitrogens with one attached hydrogen (secondary N) is 1. The van der Waals surface area contributed by atoms with E-state index in [9.17, 15) is 4.79 Å². The van der Waals surface area contributed by atoms with Crippen molar-refractivity contribution >= 4 is 5.91 Å². The maximum atomic E-state index is 11.8. The van der Waals surface area contributed by atoms with Crippen molar-refractivity contribution in [3.63, 3.8) is 0 Å². The van der Waals surface area contributed by atoms with Crippen LogP contribution in [0.5, 0.6) is 0 Å². The van der Waals surface area contributed by atoms with E-state index in [1.54, 1.807) is 24.3 Å². The maximum absolute atomic E-state index is 11.8. The molecule has 5 heteroatoms. The van der Waals surface area contributed by atoms with Gasteiger partial charge in [-0.15, -0.1) is 0 Å². The van der Waals surface area contributed by atoms with Crippen molar-refractivity contribution in [2.45, 2.75) is 26.3 Å². The number of carbonyl (C=O) groups is 1. The fraction of sp³-hybridized carbons (Fsp3) is 0.636. The molecular formula is C11H20N4O. The number of hydrogen-bond donors (Lipinski definition) is 2. The van der Waals surface area contributed by atoms with E-state index >= 15 is 0 Å². The molecule has 1 unspecified atom stereocenters. The van der Waals surface area contributed by atoms with E-state index in [1.807, 2.05) is 0 Å². The first-order chi connectivity index (χ1) is 7.67. The van der Waals surface area contributed by atoms with Gasteiger partial charge in [0.2, 0.25) is 5.91 Å². The lowest BCUT2D eigenvalue weighted by Gasteiger charge is -2.19. The Bertz CT molecular complexity index is 306. The smallest absolute Gasteiger partial charge is 0.222 e. The summed E-state index contributed by atoms with van der Waals surface area (Å²) in [7, 11) is 1.80. The van der Waals surface area contributed by atoms with Crippen LogP contribution in [-0.2, 0) is 11.3 Å². The summed E-state index contributed by atoms with van der Waals surface area (Å²) in [4.78, 5) is 13.5. The minimum atomic E-state index is 0.138. The molecule has 0 saturated heterocycles. The predicted molar refractivity (Wildman–Crippen MR) is 62.5 cm³/mol. The highest BCUT2D eigenvalue weighted by atomic mass is 16.2. The van der Waals surface area contributed by atoms with Gasteiger partial charge in [-0.25, -0.2) is 0 Å². The molecule has 1 aromatic heterocycles. The summed E-state index contributed by atoms with van der Waals surface area (Å²) in [6.07, 6.45) is 5.00. The average molecular weight is 224 g/mol. The summed E-state index contributed by atoms with van der Waals surface area (Å²) in [5.41, 5.74) is 6.59. The van der Waals surface area contributed by atoms with E-state index < -0.39 is 0 Å². The first-order valence-corrected chi connectivity index (χ1v) is 5.59. The molecule has 0 aromatic carbocycles. The van der Waals surface area contributed by atoms with Crippen molar-refractivity contribution < 1.29 is 4.79 Å². The van der Waals surface area contributed by atoms with Gasteiger partial charge < -0.3 is 10.6 Å². The zero-order valence-electron chi connectivity index (χ0n) is 9.94. The van der Waals surface area contributed by atoms with E-state index in [0.717, 1.165) is 12.0 Å². The molecule has 0 aliphatic rings. The Morgan fingerprint density at radius 3 is 2.94 bits per heavy atom. The van der Waals surface area contributed by atoms with Gasteiger partial charge in [0.15, 0.2) is 0 Å². The monoisotopic (exact) mass is 224 g/mol. The molecule has 0 aliphatic heterocycles. The van der Waals surface area contributed by atoms with Gasteiger partial charge in [0, 0.05) is 31.8 Å². The van der Waals surface area contributed by atoms with Crippen LogP contribution in [0.1, 0.15) is 25.3 Å². The van der Waals surface area contributed by atoms with Crippen molar-refractivity contribution in [1.29, 1.82) is 0 Å². The molecule has 0 saturated carbocycles. The van der Waals surface area contributed by atoms with Crippen LogP contribution in [0.3, 0.4) is 0 Å². The molecule has 1 heterocycles. The molecular weight excluding hydrogens is 204 g/mol. The normalized spacial score (nSPS) is 12.4. The molecule has 0 fully saturated rings. The van der Waals surface area contributed by atoms with Crippen LogP contribution >= 0.6 is 0 Å². The van der Waals surface area contributed by atoms with Gasteiger partial charge in [-0.05, 0) is 12.5 Å². The number of nitrogens with two attached hydrogens (primary N) is 1. The number of nitrogens with zero attached hydrogens (tertiary/aromatic N) is 2. The minimum Gasteiger partial charge on any atom is -0.341 e. The molecule has 0 aliphatic carbocycles. The molecule has 1 atom stereocenters. The fourth-order valence-electron chi connectivity index (χ4n) is 1.52. The second kappa shape index (κ2) is 6.27. The van der Waals surface area contributed by atoms with Gasteiger partial charge in [-0.3, -0.25) is 9.89 Å². The van der Waals surface area contributed by atoms with E-state index in [1.165, 1.54) is 0 Å². The van der Waals surface area contributed by atoms with Gasteiger partial charge in [0.1, 0.15) is 0 Å². The molecule has 90 valence electrons. The molecule has 1 rings (SSSR count). The number of amides is 1. The molecule has 1 aromatic rings. The second-order valence-electron chi connectivity index (χ2n) is 4.07. The molecule has 1 amide bonds. The second-order valence-corrected chi connectivity index (χ2v) is 4.07. The minimum absolute atomic E-state index is 0.138. The fourth-order valence-corrected chi connectivity index (χ4v) is 1.52. The van der Waals surface area contributed by atoms with Crippen molar-refractivity contribution in [1.82, 2.24) is 15.1 Å². The van der Waals surface area contributed by atoms with Crippen LogP contribution in [0, 0.1) is 5.92 Å². The molecule has 5 nitrogen and oxygen atoms in total. The standard InChI is InChI=1S/C11H20N4O/c1-3-9(5-12)4-11(16)15(2)8-10-6-13-14-7-10/h6-7,9H,3-5,8,12H2,1-2H3,(H,13,14). The summed E-state index contributed by atoms with van der Waals surface area (Å²) >= 11 is 0. The zero-order valence-corrected chi connectivity index (χ0v) is 9.94. The van der Waals surface area contributed by atoms with Gasteiger partial charge in [0.05, 0.1) is 6.20 Å². The van der Waals surface area contributed by atoms with Crippen LogP contribution in [-0.4, -0.2) is 34.6 Å². The highest BCUT2D eigenvalue weighted by molar-refractivity contribution is 5.76. The van der Waals surface area contributed by atoms with Crippen LogP contribution in [0.4, 0.5) is 0 Å². The van der Waals surface area contributed by atoms with E-state index in [2.05, 4.69) is 17.1 Å². The van der Waals surface area contributed by atoms with Gasteiger partial charge >= 0.3 is 0 Å². The number of aromatic amines is 1. The summed E-state index contributed by atoms with van der Waals surface area (Å²) in [5, 5.41) is 6.57. The molecule has 0 radical (unpaired) electrons. The topological polar surface area (TPSA) is 75.0 Å². The quantitative estimate of drug-likeness (QED) is 0.748. The lowest BCUT2D eigenvalue weighted by atomic mass is 10.0. The van der Waals surface area contributed by atoms with E-state index in [4.69, 9.17) is 5.73 Å². The summed E-state index contributed by atoms with van der Waals surface area (Å²) in [6.45, 7) is 3.22. The Hall–Kier alpha value is -1.36. The Labute approximate surface area is 96.0 Å². The largest absolute Gasteiger partial charge is 0.341 e. The van der Waals surface area contributed by atoms with Crippen molar-refractivity contribution in [3.8, 4) is 0 Å². The first kappa shape index (κ1) is 12.7. The first-order valence-electron chi connectivity index (χ1n) is 5.59. The van der Waals surface area contributed by atoms with E-state index in [-0.39, 0.29) is 5.91 Å². The Morgan fingerprint density at radius 2 is 2.44 bits per heavy atom. The van der Waals surface area contributed by atoms with Crippen molar-refractivity contribution in [2.75, 3.05) is 13.6 Å². The van der Waals surface area contributed by atoms with Crippen LogP contribution in [0.2, 0.25) is 0 Å². The number of carbonyl (C=O) groups excluding carboxylic acids is 1. The summed E-state index contributed by atoms with van der Waals surface area (Å²) < 4.78 is 0. The number of aromatic nitrogens is 2. The van der Waals surface area contributed by atoms with Gasteiger partial charge in [0.25, 0.3) is 0 Å². The Morgan fingerprint density at radius 1 is 1.69 bits per heavy atom. The third-order valence-electron chi connectivity index (χ3n) is 2.77. The van der Waals surface area contributed by atoms with Crippen LogP contribution in [0.25, 0.3) is 0 Å². The third kappa shape index (κ3) is 3.66. The summed E-state index contributed by atoms with van der Waals surface area (Å²) in [6, 6.07) is 0. The predicted octanol–water partition coefficient (Wildman–Crippen LogP) is 0.743. The molecule has 0 bridgehead atoms. The molecule has 0 spiro atoms. The van der Waals surface area contributed by atoms with Gasteiger partial charge in [-0.1, -0.05) is 13.3 Å². The van der Waals surface area contributed by atoms with E-state index in [0.29, 0.717) is 25.4 Å².